The molecule has 0 saturated heterocycles. The molecule has 0 rings (SSSR count). The molecule has 0 aliphatic carbocycles. The van der Waals surface area contributed by atoms with Gasteiger partial charge in [0.2, 0.25) is 0 Å². The van der Waals surface area contributed by atoms with Crippen LogP contribution in [0.1, 0.15) is 13.3 Å². The Morgan fingerprint density at radius 1 is 1.88 bits per heavy atom. The van der Waals surface area contributed by atoms with Gasteiger partial charge in [-0.25, -0.2) is 0 Å². The molecular weight excluding hydrogens is 100 g/mol. The first-order chi connectivity index (χ1) is 3.81. The Balaban J connectivity index is 3.50. The van der Waals surface area contributed by atoms with Crippen LogP contribution >= 0.6 is 0 Å². The van der Waals surface area contributed by atoms with Gasteiger partial charge in [-0.1, -0.05) is 12.5 Å². The van der Waals surface area contributed by atoms with Gasteiger partial charge in [-0.15, -0.1) is 5.92 Å². The second-order valence-corrected chi connectivity index (χ2v) is 1.27. The van der Waals surface area contributed by atoms with Gasteiger partial charge in [-0.3, -0.25) is 4.79 Å². The summed E-state index contributed by atoms with van der Waals surface area (Å²) in [5.41, 5.74) is 0. The minimum Gasteiger partial charge on any atom is -0.294 e. The van der Waals surface area contributed by atoms with E-state index in [0.717, 1.165) is 0 Å². The molecule has 0 aromatic carbocycles. The van der Waals surface area contributed by atoms with Crippen LogP contribution in [0.15, 0.2) is 12.7 Å². The standard InChI is InChI=1S/C7H8O/c1-3-5-6-7(8)4-2/h4H,2,6H2,1H3. The number of allylic oxidation sites excluding steroid dienone is 1. The molecule has 0 aliphatic rings. The predicted octanol–water partition coefficient (Wildman–Crippen LogP) is 1.15. The average Bonchev–Trinajstić information content (AvgIpc) is 1.83. The molecule has 42 valence electrons. The lowest BCUT2D eigenvalue weighted by Crippen LogP contribution is -1.86. The third-order valence-electron chi connectivity index (χ3n) is 0.667. The summed E-state index contributed by atoms with van der Waals surface area (Å²) in [7, 11) is 0. The van der Waals surface area contributed by atoms with E-state index in [2.05, 4.69) is 18.4 Å². The fraction of sp³-hybridized carbons (Fsp3) is 0.286. The maximum atomic E-state index is 10.4. The SMILES string of the molecule is C=CC(=O)CC#CC. The molecule has 0 fully saturated rings. The Kier molecular flexibility index (Phi) is 3.60. The Bertz CT molecular complexity index is 146. The summed E-state index contributed by atoms with van der Waals surface area (Å²) in [6.07, 6.45) is 1.59. The Morgan fingerprint density at radius 3 is 2.88 bits per heavy atom. The van der Waals surface area contributed by atoms with Gasteiger partial charge in [0.05, 0.1) is 6.42 Å². The quantitative estimate of drug-likeness (QED) is 0.383. The maximum Gasteiger partial charge on any atom is 0.166 e. The van der Waals surface area contributed by atoms with E-state index in [-0.39, 0.29) is 5.78 Å². The minimum absolute atomic E-state index is 0.0145. The van der Waals surface area contributed by atoms with Crippen molar-refractivity contribution in [2.45, 2.75) is 13.3 Å². The van der Waals surface area contributed by atoms with Crippen LogP contribution < -0.4 is 0 Å². The van der Waals surface area contributed by atoms with E-state index in [4.69, 9.17) is 0 Å². The molecule has 0 radical (unpaired) electrons. The highest BCUT2D eigenvalue weighted by Crippen LogP contribution is 1.78. The summed E-state index contributed by atoms with van der Waals surface area (Å²) in [6, 6.07) is 0. The molecule has 0 unspecified atom stereocenters. The Labute approximate surface area is 49.4 Å². The second-order valence-electron chi connectivity index (χ2n) is 1.27. The third kappa shape index (κ3) is 3.17. The van der Waals surface area contributed by atoms with Gasteiger partial charge in [-0.05, 0) is 13.0 Å². The van der Waals surface area contributed by atoms with Gasteiger partial charge < -0.3 is 0 Å². The van der Waals surface area contributed by atoms with Gasteiger partial charge >= 0.3 is 0 Å². The average molecular weight is 108 g/mol. The largest absolute Gasteiger partial charge is 0.294 e. The fourth-order valence-corrected chi connectivity index (χ4v) is 0.248. The molecular formula is C7H8O. The maximum absolute atomic E-state index is 10.4. The topological polar surface area (TPSA) is 17.1 Å². The van der Waals surface area contributed by atoms with E-state index < -0.39 is 0 Å². The highest BCUT2D eigenvalue weighted by atomic mass is 16.1. The van der Waals surface area contributed by atoms with Gasteiger partial charge in [0.1, 0.15) is 0 Å². The minimum atomic E-state index is -0.0145. The fourth-order valence-electron chi connectivity index (χ4n) is 0.248. The first-order valence-electron chi connectivity index (χ1n) is 2.36. The zero-order valence-electron chi connectivity index (χ0n) is 4.90. The second kappa shape index (κ2) is 4.14. The van der Waals surface area contributed by atoms with Crippen molar-refractivity contribution in [3.05, 3.63) is 12.7 Å². The lowest BCUT2D eigenvalue weighted by Gasteiger charge is -1.77. The van der Waals surface area contributed by atoms with Crippen molar-refractivity contribution in [1.82, 2.24) is 0 Å². The van der Waals surface area contributed by atoms with Gasteiger partial charge in [0, 0.05) is 0 Å². The Hall–Kier alpha value is -1.03. The molecule has 1 nitrogen and oxygen atoms in total. The normalized spacial score (nSPS) is 6.62. The summed E-state index contributed by atoms with van der Waals surface area (Å²) in [6.45, 7) is 5.00. The van der Waals surface area contributed by atoms with Crippen molar-refractivity contribution in [1.29, 1.82) is 0 Å². The summed E-state index contributed by atoms with van der Waals surface area (Å²) < 4.78 is 0. The van der Waals surface area contributed by atoms with Crippen molar-refractivity contribution in [2.75, 3.05) is 0 Å². The molecule has 0 aliphatic heterocycles. The molecule has 0 bridgehead atoms. The predicted molar refractivity (Wildman–Crippen MR) is 33.3 cm³/mol. The van der Waals surface area contributed by atoms with Crippen LogP contribution in [0.5, 0.6) is 0 Å². The third-order valence-corrected chi connectivity index (χ3v) is 0.667. The summed E-state index contributed by atoms with van der Waals surface area (Å²) in [4.78, 5) is 10.4. The molecule has 0 N–H and O–H groups in total. The first kappa shape index (κ1) is 6.97. The van der Waals surface area contributed by atoms with Gasteiger partial charge in [0.15, 0.2) is 5.78 Å². The van der Waals surface area contributed by atoms with Crippen LogP contribution in [0.25, 0.3) is 0 Å². The smallest absolute Gasteiger partial charge is 0.166 e. The summed E-state index contributed by atoms with van der Waals surface area (Å²) in [5, 5.41) is 0. The van der Waals surface area contributed by atoms with E-state index in [0.29, 0.717) is 6.42 Å². The highest BCUT2D eigenvalue weighted by molar-refractivity contribution is 5.90. The van der Waals surface area contributed by atoms with Crippen molar-refractivity contribution < 1.29 is 4.79 Å². The van der Waals surface area contributed by atoms with E-state index >= 15 is 0 Å². The lowest BCUT2D eigenvalue weighted by atomic mass is 10.3. The molecule has 0 spiro atoms. The molecule has 0 saturated carbocycles. The van der Waals surface area contributed by atoms with Crippen LogP contribution in [-0.2, 0) is 4.79 Å². The van der Waals surface area contributed by atoms with E-state index in [1.54, 1.807) is 6.92 Å². The highest BCUT2D eigenvalue weighted by Gasteiger charge is 1.85. The molecule has 0 aromatic heterocycles. The number of carbonyl (C=O) groups is 1. The summed E-state index contributed by atoms with van der Waals surface area (Å²) >= 11 is 0. The van der Waals surface area contributed by atoms with Crippen LogP contribution in [0.4, 0.5) is 0 Å². The van der Waals surface area contributed by atoms with Gasteiger partial charge in [-0.2, -0.15) is 0 Å². The number of hydrogen-bond acceptors (Lipinski definition) is 1. The van der Waals surface area contributed by atoms with E-state index in [1.807, 2.05) is 0 Å². The molecule has 0 aromatic rings. The van der Waals surface area contributed by atoms with Crippen molar-refractivity contribution in [3.63, 3.8) is 0 Å². The van der Waals surface area contributed by atoms with Gasteiger partial charge in [0.25, 0.3) is 0 Å². The van der Waals surface area contributed by atoms with Crippen LogP contribution in [-0.4, -0.2) is 5.78 Å². The molecule has 8 heavy (non-hydrogen) atoms. The van der Waals surface area contributed by atoms with Crippen molar-refractivity contribution in [3.8, 4) is 11.8 Å². The zero-order valence-corrected chi connectivity index (χ0v) is 4.90. The van der Waals surface area contributed by atoms with Crippen molar-refractivity contribution >= 4 is 5.78 Å². The molecule has 1 heteroatoms. The van der Waals surface area contributed by atoms with Crippen LogP contribution in [0, 0.1) is 11.8 Å². The Morgan fingerprint density at radius 2 is 2.50 bits per heavy atom. The zero-order chi connectivity index (χ0) is 6.41. The van der Waals surface area contributed by atoms with Crippen molar-refractivity contribution in [2.24, 2.45) is 0 Å². The number of rotatable bonds is 2. The van der Waals surface area contributed by atoms with E-state index in [9.17, 15) is 4.79 Å². The lowest BCUT2D eigenvalue weighted by molar-refractivity contribution is -0.113. The summed E-state index contributed by atoms with van der Waals surface area (Å²) in [5.74, 6) is 5.23. The monoisotopic (exact) mass is 108 g/mol. The van der Waals surface area contributed by atoms with Crippen LogP contribution in [0.3, 0.4) is 0 Å². The molecule has 0 amide bonds. The molecule has 0 heterocycles. The van der Waals surface area contributed by atoms with E-state index in [1.165, 1.54) is 6.08 Å². The number of ketones is 1. The molecule has 0 atom stereocenters. The number of carbonyl (C=O) groups excluding carboxylic acids is 1. The van der Waals surface area contributed by atoms with Crippen LogP contribution in [0.2, 0.25) is 0 Å². The first-order valence-corrected chi connectivity index (χ1v) is 2.36. The number of hydrogen-bond donors (Lipinski definition) is 0.